The van der Waals surface area contributed by atoms with Crippen LogP contribution in [0.4, 0.5) is 44.7 Å². The van der Waals surface area contributed by atoms with Gasteiger partial charge in [0, 0.05) is 50.7 Å². The van der Waals surface area contributed by atoms with Crippen molar-refractivity contribution in [3.05, 3.63) is 82.2 Å². The lowest BCUT2D eigenvalue weighted by molar-refractivity contribution is 0.0197. The van der Waals surface area contributed by atoms with Crippen LogP contribution in [0.1, 0.15) is 106 Å². The number of amides is 2. The molecule has 0 spiro atoms. The minimum atomic E-state index is -3.74. The first-order valence-corrected chi connectivity index (χ1v) is 23.9. The number of benzene rings is 2. The van der Waals surface area contributed by atoms with Crippen LogP contribution < -0.4 is 32.0 Å². The van der Waals surface area contributed by atoms with Crippen molar-refractivity contribution in [3.63, 3.8) is 0 Å². The van der Waals surface area contributed by atoms with Crippen LogP contribution >= 0.6 is 0 Å². The van der Waals surface area contributed by atoms with Gasteiger partial charge in [0.25, 0.3) is 0 Å². The minimum absolute atomic E-state index is 0.0297. The summed E-state index contributed by atoms with van der Waals surface area (Å²) in [6.07, 6.45) is 4.38. The molecule has 4 heterocycles. The van der Waals surface area contributed by atoms with E-state index in [1.807, 2.05) is 41.5 Å². The Morgan fingerprint density at radius 2 is 1.10 bits per heavy atom. The van der Waals surface area contributed by atoms with E-state index < -0.39 is 83.5 Å². The summed E-state index contributed by atoms with van der Waals surface area (Å²) in [5, 5.41) is 2.55. The number of ketones is 2. The third-order valence-corrected chi connectivity index (χ3v) is 12.0. The average molecular weight is 1020 g/mol. The second-order valence-electron chi connectivity index (χ2n) is 18.1. The molecule has 2 amide bonds. The Kier molecular flexibility index (Phi) is 19.0. The normalized spacial score (nSPS) is 14.5. The summed E-state index contributed by atoms with van der Waals surface area (Å²) in [6.45, 7) is 14.9. The van der Waals surface area contributed by atoms with Gasteiger partial charge in [0.2, 0.25) is 32.5 Å². The number of piperidine rings is 2. The van der Waals surface area contributed by atoms with E-state index in [4.69, 9.17) is 36.1 Å². The Hall–Kier alpha value is -6.89. The van der Waals surface area contributed by atoms with Gasteiger partial charge in [-0.05, 0) is 91.5 Å². The first-order chi connectivity index (χ1) is 33.1. The number of anilines is 3. The summed E-state index contributed by atoms with van der Waals surface area (Å²) in [7, 11) is -1.37. The highest BCUT2D eigenvalue weighted by Crippen LogP contribution is 2.29. The molecule has 388 valence electrons. The van der Waals surface area contributed by atoms with Gasteiger partial charge in [0.15, 0.2) is 23.1 Å². The number of nitrogens with two attached hydrogens (primary N) is 3. The van der Waals surface area contributed by atoms with Gasteiger partial charge in [-0.25, -0.2) is 50.5 Å². The molecule has 2 aromatic heterocycles. The molecule has 0 aliphatic carbocycles. The fourth-order valence-electron chi connectivity index (χ4n) is 6.66. The Bertz CT molecular complexity index is 2690. The highest BCUT2D eigenvalue weighted by molar-refractivity contribution is 7.91. The second-order valence-corrected chi connectivity index (χ2v) is 20.2. The number of carbonyl (C=O) groups excluding carboxylic acids is 4. The number of likely N-dealkylation sites (tertiary alicyclic amines) is 2. The standard InChI is InChI=1S/C22H27F2N5O4.C14H13F2N3O4S.C10H20N2O2/c1-22(2,3)33-21(31)29-9-7-12(8-10-29)27-20-26-11-13(19(25)28-20)18(30)16-14(23)5-6-15(32-4)17(16)24;1-3-24(21,22)14-18-6-7(13(17)19-14)12(20)10-8(15)4-5-9(23-2)11(10)16;1-10(2,3)14-9(13)12-6-4-8(11)5-7-12/h5-6,11-12H,7-10H2,1-4H3,(H3,25,26,27,28);4-6H,3H2,1-2H3,(H2,17,18,19);8H,4-7,11H2,1-3H3. The van der Waals surface area contributed by atoms with Crippen molar-refractivity contribution in [1.29, 1.82) is 0 Å². The zero-order valence-corrected chi connectivity index (χ0v) is 41.7. The number of aromatic nitrogens is 4. The van der Waals surface area contributed by atoms with Crippen molar-refractivity contribution < 1.29 is 64.1 Å². The van der Waals surface area contributed by atoms with E-state index in [1.165, 1.54) is 14.0 Å². The van der Waals surface area contributed by atoms with Crippen LogP contribution in [0.15, 0.2) is 41.8 Å². The number of ether oxygens (including phenoxy) is 4. The molecule has 7 N–H and O–H groups in total. The monoisotopic (exact) mass is 1020 g/mol. The molecule has 2 aliphatic rings. The van der Waals surface area contributed by atoms with Crippen molar-refractivity contribution in [3.8, 4) is 11.5 Å². The van der Waals surface area contributed by atoms with Crippen molar-refractivity contribution in [1.82, 2.24) is 29.7 Å². The van der Waals surface area contributed by atoms with Crippen molar-refractivity contribution in [2.75, 3.05) is 62.9 Å². The minimum Gasteiger partial charge on any atom is -0.494 e. The van der Waals surface area contributed by atoms with Crippen LogP contribution in [0.5, 0.6) is 11.5 Å². The maximum absolute atomic E-state index is 14.5. The molecule has 6 rings (SSSR count). The number of methoxy groups -OCH3 is 2. The van der Waals surface area contributed by atoms with Crippen LogP contribution in [-0.2, 0) is 19.3 Å². The van der Waals surface area contributed by atoms with Crippen molar-refractivity contribution in [2.45, 2.75) is 103 Å². The summed E-state index contributed by atoms with van der Waals surface area (Å²) in [4.78, 5) is 67.5. The van der Waals surface area contributed by atoms with Crippen molar-refractivity contribution >= 4 is 51.2 Å². The van der Waals surface area contributed by atoms with Gasteiger partial charge >= 0.3 is 12.2 Å². The van der Waals surface area contributed by atoms with E-state index in [1.54, 1.807) is 9.80 Å². The molecule has 2 fully saturated rings. The molecule has 0 unspecified atom stereocenters. The number of sulfone groups is 1. The molecular formula is C46H60F4N10O10S. The van der Waals surface area contributed by atoms with Crippen LogP contribution in [0.2, 0.25) is 0 Å². The Balaban J connectivity index is 0.000000251. The zero-order valence-electron chi connectivity index (χ0n) is 40.9. The lowest BCUT2D eigenvalue weighted by Gasteiger charge is -2.33. The van der Waals surface area contributed by atoms with Gasteiger partial charge in [0.05, 0.1) is 42.2 Å². The van der Waals surface area contributed by atoms with E-state index in [2.05, 4.69) is 25.3 Å². The van der Waals surface area contributed by atoms with Gasteiger partial charge in [-0.1, -0.05) is 6.92 Å². The number of halogens is 4. The number of nitrogen functional groups attached to an aromatic ring is 2. The van der Waals surface area contributed by atoms with Gasteiger partial charge in [-0.15, -0.1) is 0 Å². The van der Waals surface area contributed by atoms with E-state index in [0.717, 1.165) is 69.7 Å². The first kappa shape index (κ1) is 56.7. The molecule has 71 heavy (non-hydrogen) atoms. The number of carbonyl (C=O) groups is 4. The lowest BCUT2D eigenvalue weighted by atomic mass is 10.0. The molecule has 4 aromatic rings. The number of nitrogens with zero attached hydrogens (tertiary/aromatic N) is 6. The summed E-state index contributed by atoms with van der Waals surface area (Å²) in [5.41, 5.74) is 13.9. The molecule has 2 aromatic carbocycles. The van der Waals surface area contributed by atoms with Crippen LogP contribution in [-0.4, -0.2) is 131 Å². The van der Waals surface area contributed by atoms with Gasteiger partial charge < -0.3 is 51.3 Å². The molecule has 20 nitrogen and oxygen atoms in total. The Labute approximate surface area is 408 Å². The SMILES string of the molecule is CC(C)(C)OC(=O)N1CCC(N)CC1.CCS(=O)(=O)c1ncc(C(=O)c2c(F)ccc(OC)c2F)c(N)n1.COc1ccc(F)c(C(=O)c2cnc(NC3CCN(C(=O)OC(C)(C)C)CC3)nc2N)c1F. The first-order valence-electron chi connectivity index (χ1n) is 22.2. The third-order valence-electron chi connectivity index (χ3n) is 10.4. The quantitative estimate of drug-likeness (QED) is 0.0792. The molecule has 25 heteroatoms. The Morgan fingerprint density at radius 3 is 1.48 bits per heavy atom. The average Bonchev–Trinajstić information content (AvgIpc) is 3.29. The summed E-state index contributed by atoms with van der Waals surface area (Å²) in [6, 6.07) is 4.13. The lowest BCUT2D eigenvalue weighted by Crippen LogP contribution is -2.44. The smallest absolute Gasteiger partial charge is 0.410 e. The maximum atomic E-state index is 14.5. The van der Waals surface area contributed by atoms with Gasteiger partial charge in [-0.3, -0.25) is 9.59 Å². The predicted octanol–water partition coefficient (Wildman–Crippen LogP) is 6.10. The van der Waals surface area contributed by atoms with Crippen LogP contribution in [0, 0.1) is 23.3 Å². The number of hydrogen-bond acceptors (Lipinski definition) is 18. The van der Waals surface area contributed by atoms with Crippen molar-refractivity contribution in [2.24, 2.45) is 5.73 Å². The topological polar surface area (TPSA) is 287 Å². The predicted molar refractivity (Wildman–Crippen MR) is 253 cm³/mol. The fraction of sp³-hybridized carbons (Fsp3) is 0.478. The highest BCUT2D eigenvalue weighted by Gasteiger charge is 2.30. The summed E-state index contributed by atoms with van der Waals surface area (Å²) < 4.78 is 100. The molecular weight excluding hydrogens is 961 g/mol. The number of hydrogen-bond donors (Lipinski definition) is 4. The van der Waals surface area contributed by atoms with E-state index >= 15 is 0 Å². The molecule has 0 saturated carbocycles. The maximum Gasteiger partial charge on any atom is 0.410 e. The summed E-state index contributed by atoms with van der Waals surface area (Å²) >= 11 is 0. The fourth-order valence-corrected chi connectivity index (χ4v) is 7.37. The third kappa shape index (κ3) is 15.3. The number of nitrogens with one attached hydrogen (secondary N) is 1. The number of rotatable bonds is 10. The highest BCUT2D eigenvalue weighted by atomic mass is 32.2. The van der Waals surface area contributed by atoms with E-state index in [-0.39, 0.29) is 58.9 Å². The molecule has 0 atom stereocenters. The second kappa shape index (κ2) is 23.8. The molecule has 0 bridgehead atoms. The largest absolute Gasteiger partial charge is 0.494 e. The van der Waals surface area contributed by atoms with Crippen LogP contribution in [0.25, 0.3) is 0 Å². The zero-order chi connectivity index (χ0) is 53.2. The van der Waals surface area contributed by atoms with E-state index in [0.29, 0.717) is 25.9 Å². The summed E-state index contributed by atoms with van der Waals surface area (Å²) in [5.74, 6) is -8.01. The molecule has 2 saturated heterocycles. The van der Waals surface area contributed by atoms with E-state index in [9.17, 15) is 45.2 Å². The van der Waals surface area contributed by atoms with Crippen LogP contribution in [0.3, 0.4) is 0 Å². The Morgan fingerprint density at radius 1 is 0.690 bits per heavy atom. The molecule has 0 radical (unpaired) electrons. The van der Waals surface area contributed by atoms with Gasteiger partial charge in [0.1, 0.15) is 34.5 Å². The molecule has 2 aliphatic heterocycles. The van der Waals surface area contributed by atoms with Gasteiger partial charge in [-0.2, -0.15) is 4.98 Å².